The Balaban J connectivity index is 1.22. The Labute approximate surface area is 257 Å². The summed E-state index contributed by atoms with van der Waals surface area (Å²) >= 11 is 0. The van der Waals surface area contributed by atoms with Gasteiger partial charge in [0.1, 0.15) is 11.5 Å². The van der Waals surface area contributed by atoms with E-state index in [0.29, 0.717) is 0 Å². The predicted molar refractivity (Wildman–Crippen MR) is 180 cm³/mol. The predicted octanol–water partition coefficient (Wildman–Crippen LogP) is 11.2. The molecule has 44 heavy (non-hydrogen) atoms. The molecule has 0 atom stereocenters. The fraction of sp³-hybridized carbons (Fsp3) is 0.0233. The maximum atomic E-state index is 6.77. The Morgan fingerprint density at radius 1 is 0.295 bits per heavy atom. The lowest BCUT2D eigenvalue weighted by molar-refractivity contribution is 0.436. The zero-order chi connectivity index (χ0) is 29.1. The molecule has 0 saturated carbocycles. The van der Waals surface area contributed by atoms with Crippen LogP contribution in [0.4, 0.5) is 0 Å². The smallest absolute Gasteiger partial charge is 0.132 e. The molecule has 1 nitrogen and oxygen atoms in total. The van der Waals surface area contributed by atoms with E-state index in [4.69, 9.17) is 4.74 Å². The third-order valence-electron chi connectivity index (χ3n) is 9.39. The molecule has 1 aliphatic heterocycles. The average molecular weight is 561 g/mol. The minimum Gasteiger partial charge on any atom is -0.457 e. The molecule has 1 spiro atoms. The maximum Gasteiger partial charge on any atom is 0.132 e. The van der Waals surface area contributed by atoms with Gasteiger partial charge in [-0.1, -0.05) is 158 Å². The zero-order valence-corrected chi connectivity index (χ0v) is 24.1. The van der Waals surface area contributed by atoms with Crippen LogP contribution in [-0.2, 0) is 5.41 Å². The Morgan fingerprint density at radius 2 is 0.750 bits per heavy atom. The van der Waals surface area contributed by atoms with Crippen molar-refractivity contribution < 1.29 is 4.74 Å². The lowest BCUT2D eigenvalue weighted by Gasteiger charge is -2.39. The first kappa shape index (κ1) is 24.9. The van der Waals surface area contributed by atoms with E-state index in [0.717, 1.165) is 17.1 Å². The summed E-state index contributed by atoms with van der Waals surface area (Å²) in [4.78, 5) is 0. The van der Waals surface area contributed by atoms with Crippen LogP contribution in [0.3, 0.4) is 0 Å². The molecule has 0 N–H and O–H groups in total. The quantitative estimate of drug-likeness (QED) is 0.209. The van der Waals surface area contributed by atoms with Crippen molar-refractivity contribution in [1.82, 2.24) is 0 Å². The molecule has 0 unspecified atom stereocenters. The van der Waals surface area contributed by atoms with Gasteiger partial charge in [0.05, 0.1) is 5.41 Å². The van der Waals surface area contributed by atoms with Crippen molar-refractivity contribution in [2.75, 3.05) is 0 Å². The van der Waals surface area contributed by atoms with Gasteiger partial charge in [-0.05, 0) is 67.8 Å². The molecule has 0 radical (unpaired) electrons. The molecular formula is C43H28O. The third kappa shape index (κ3) is 3.53. The highest BCUT2D eigenvalue weighted by molar-refractivity contribution is 5.90. The molecule has 7 aromatic rings. The number of benzene rings is 7. The number of para-hydroxylation sites is 1. The van der Waals surface area contributed by atoms with Crippen LogP contribution in [0.1, 0.15) is 22.3 Å². The Kier molecular flexibility index (Phi) is 5.48. The fourth-order valence-electron chi connectivity index (χ4n) is 7.49. The van der Waals surface area contributed by atoms with E-state index in [1.807, 2.05) is 0 Å². The van der Waals surface area contributed by atoms with E-state index >= 15 is 0 Å². The SMILES string of the molecule is c1ccc(-c2ccc(-c3ccccc3-c3ccc4c(c3)Oc3ccccc3C43c4ccccc4-c4ccccc43)cc2)cc1. The van der Waals surface area contributed by atoms with Crippen molar-refractivity contribution in [2.45, 2.75) is 5.41 Å². The highest BCUT2D eigenvalue weighted by Gasteiger charge is 2.50. The average Bonchev–Trinajstić information content (AvgIpc) is 3.39. The second-order valence-electron chi connectivity index (χ2n) is 11.6. The van der Waals surface area contributed by atoms with Crippen LogP contribution in [0.5, 0.6) is 11.5 Å². The number of fused-ring (bicyclic) bond motifs is 9. The van der Waals surface area contributed by atoms with Crippen LogP contribution in [0.15, 0.2) is 170 Å². The van der Waals surface area contributed by atoms with Gasteiger partial charge in [0.15, 0.2) is 0 Å². The van der Waals surface area contributed by atoms with Crippen molar-refractivity contribution >= 4 is 0 Å². The van der Waals surface area contributed by atoms with Gasteiger partial charge in [-0.3, -0.25) is 0 Å². The standard InChI is InChI=1S/C43H28O/c1-2-12-29(13-3-1)30-22-24-31(25-23-30)33-14-4-5-15-34(33)32-26-27-40-42(28-32)44-41-21-11-10-20-39(41)43(40)37-18-8-6-16-35(37)36-17-7-9-19-38(36)43/h1-28H. The van der Waals surface area contributed by atoms with Gasteiger partial charge in [-0.15, -0.1) is 0 Å². The Bertz CT molecular complexity index is 2140. The maximum absolute atomic E-state index is 6.77. The first-order valence-electron chi connectivity index (χ1n) is 15.2. The van der Waals surface area contributed by atoms with Crippen molar-refractivity contribution in [3.63, 3.8) is 0 Å². The largest absolute Gasteiger partial charge is 0.457 e. The molecule has 2 aliphatic rings. The minimum atomic E-state index is -0.442. The summed E-state index contributed by atoms with van der Waals surface area (Å²) in [5, 5.41) is 0. The number of hydrogen-bond donors (Lipinski definition) is 0. The summed E-state index contributed by atoms with van der Waals surface area (Å²) in [5.74, 6) is 1.82. The minimum absolute atomic E-state index is 0.442. The highest BCUT2D eigenvalue weighted by Crippen LogP contribution is 2.62. The summed E-state index contributed by atoms with van der Waals surface area (Å²) in [6.45, 7) is 0. The van der Waals surface area contributed by atoms with Gasteiger partial charge >= 0.3 is 0 Å². The fourth-order valence-corrected chi connectivity index (χ4v) is 7.49. The molecule has 7 aromatic carbocycles. The monoisotopic (exact) mass is 560 g/mol. The number of hydrogen-bond acceptors (Lipinski definition) is 1. The van der Waals surface area contributed by atoms with Crippen molar-refractivity contribution in [3.05, 3.63) is 192 Å². The summed E-state index contributed by atoms with van der Waals surface area (Å²) in [6, 6.07) is 61.2. The van der Waals surface area contributed by atoms with Gasteiger partial charge in [-0.2, -0.15) is 0 Å². The van der Waals surface area contributed by atoms with E-state index in [-0.39, 0.29) is 0 Å². The molecule has 1 aliphatic carbocycles. The Hall–Kier alpha value is -5.66. The number of ether oxygens (including phenoxy) is 1. The lowest BCUT2D eigenvalue weighted by atomic mass is 9.66. The lowest BCUT2D eigenvalue weighted by Crippen LogP contribution is -2.32. The molecule has 1 heteroatoms. The third-order valence-corrected chi connectivity index (χ3v) is 9.39. The molecule has 9 rings (SSSR count). The summed E-state index contributed by atoms with van der Waals surface area (Å²) in [5.41, 5.74) is 14.3. The molecule has 0 amide bonds. The normalized spacial score (nSPS) is 13.4. The highest BCUT2D eigenvalue weighted by atomic mass is 16.5. The van der Waals surface area contributed by atoms with E-state index in [1.165, 1.54) is 61.2 Å². The summed E-state index contributed by atoms with van der Waals surface area (Å²) in [6.07, 6.45) is 0. The first-order chi connectivity index (χ1) is 21.8. The molecular weight excluding hydrogens is 532 g/mol. The molecule has 0 saturated heterocycles. The van der Waals surface area contributed by atoms with Gasteiger partial charge in [-0.25, -0.2) is 0 Å². The molecule has 1 heterocycles. The topological polar surface area (TPSA) is 9.23 Å². The van der Waals surface area contributed by atoms with Gasteiger partial charge < -0.3 is 4.74 Å². The van der Waals surface area contributed by atoms with E-state index in [9.17, 15) is 0 Å². The zero-order valence-electron chi connectivity index (χ0n) is 24.1. The molecule has 0 fully saturated rings. The van der Waals surface area contributed by atoms with Crippen LogP contribution in [0.25, 0.3) is 44.5 Å². The van der Waals surface area contributed by atoms with Crippen LogP contribution in [-0.4, -0.2) is 0 Å². The molecule has 0 aromatic heterocycles. The van der Waals surface area contributed by atoms with Crippen LogP contribution in [0.2, 0.25) is 0 Å². The van der Waals surface area contributed by atoms with E-state index in [2.05, 4.69) is 170 Å². The first-order valence-corrected chi connectivity index (χ1v) is 15.2. The second kappa shape index (κ2) is 9.69. The molecule has 0 bridgehead atoms. The second-order valence-corrected chi connectivity index (χ2v) is 11.6. The summed E-state index contributed by atoms with van der Waals surface area (Å²) in [7, 11) is 0. The van der Waals surface area contributed by atoms with Crippen molar-refractivity contribution in [2.24, 2.45) is 0 Å². The van der Waals surface area contributed by atoms with Crippen LogP contribution in [0, 0.1) is 0 Å². The summed E-state index contributed by atoms with van der Waals surface area (Å²) < 4.78 is 6.77. The Morgan fingerprint density at radius 3 is 1.43 bits per heavy atom. The van der Waals surface area contributed by atoms with E-state index < -0.39 is 5.41 Å². The van der Waals surface area contributed by atoms with Gasteiger partial charge in [0.2, 0.25) is 0 Å². The number of rotatable bonds is 3. The van der Waals surface area contributed by atoms with E-state index in [1.54, 1.807) is 0 Å². The van der Waals surface area contributed by atoms with Gasteiger partial charge in [0.25, 0.3) is 0 Å². The van der Waals surface area contributed by atoms with Crippen LogP contribution < -0.4 is 4.74 Å². The van der Waals surface area contributed by atoms with Gasteiger partial charge in [0, 0.05) is 11.1 Å². The van der Waals surface area contributed by atoms with Crippen molar-refractivity contribution in [1.29, 1.82) is 0 Å². The van der Waals surface area contributed by atoms with Crippen LogP contribution >= 0.6 is 0 Å². The molecule has 206 valence electrons. The van der Waals surface area contributed by atoms with Crippen molar-refractivity contribution in [3.8, 4) is 56.0 Å².